The molecule has 8 heteroatoms. The highest BCUT2D eigenvalue weighted by Gasteiger charge is 2.39. The first-order valence-electron chi connectivity index (χ1n) is 6.72. The van der Waals surface area contributed by atoms with Crippen molar-refractivity contribution in [1.82, 2.24) is 24.9 Å². The van der Waals surface area contributed by atoms with Gasteiger partial charge in [-0.2, -0.15) is 10.1 Å². The first-order valence-corrected chi connectivity index (χ1v) is 7.54. The van der Waals surface area contributed by atoms with Gasteiger partial charge in [-0.25, -0.2) is 4.98 Å². The van der Waals surface area contributed by atoms with Crippen molar-refractivity contribution in [2.45, 2.75) is 24.8 Å². The van der Waals surface area contributed by atoms with Crippen molar-refractivity contribution in [1.29, 1.82) is 0 Å². The lowest BCUT2D eigenvalue weighted by atomic mass is 9.77. The molecule has 0 amide bonds. The minimum Gasteiger partial charge on any atom is -0.333 e. The fourth-order valence-electron chi connectivity index (χ4n) is 2.35. The summed E-state index contributed by atoms with van der Waals surface area (Å²) in [5.74, 6) is 1.08. The molecule has 21 heavy (non-hydrogen) atoms. The van der Waals surface area contributed by atoms with Crippen molar-refractivity contribution in [2.24, 2.45) is 12.8 Å². The lowest BCUT2D eigenvalue weighted by Crippen LogP contribution is -2.44. The van der Waals surface area contributed by atoms with Gasteiger partial charge >= 0.3 is 0 Å². The van der Waals surface area contributed by atoms with Gasteiger partial charge in [0, 0.05) is 18.8 Å². The van der Waals surface area contributed by atoms with Crippen molar-refractivity contribution in [2.75, 3.05) is 0 Å². The van der Waals surface area contributed by atoms with Crippen LogP contribution in [0.4, 0.5) is 0 Å². The molecule has 1 fully saturated rings. The van der Waals surface area contributed by atoms with E-state index in [9.17, 15) is 0 Å². The molecule has 0 spiro atoms. The standard InChI is InChI=1S/C13H14N6OS/c1-19-7-8(5-16-19)11-15-6-9(21-11)10-17-12(18-20-10)13(14)3-2-4-13/h5-7H,2-4,14H2,1H3. The molecule has 0 radical (unpaired) electrons. The molecule has 0 saturated heterocycles. The monoisotopic (exact) mass is 302 g/mol. The van der Waals surface area contributed by atoms with E-state index in [0.29, 0.717) is 11.7 Å². The lowest BCUT2D eigenvalue weighted by molar-refractivity contribution is 0.229. The molecule has 108 valence electrons. The Balaban J connectivity index is 1.64. The highest BCUT2D eigenvalue weighted by Crippen LogP contribution is 2.38. The number of hydrogen-bond donors (Lipinski definition) is 1. The third kappa shape index (κ3) is 2.07. The molecule has 0 bridgehead atoms. The van der Waals surface area contributed by atoms with Crippen LogP contribution in [0, 0.1) is 0 Å². The van der Waals surface area contributed by atoms with Crippen LogP contribution in [0.15, 0.2) is 23.1 Å². The van der Waals surface area contributed by atoms with Gasteiger partial charge in [-0.3, -0.25) is 4.68 Å². The number of nitrogens with zero attached hydrogens (tertiary/aromatic N) is 5. The van der Waals surface area contributed by atoms with E-state index >= 15 is 0 Å². The predicted octanol–water partition coefficient (Wildman–Crippen LogP) is 1.93. The zero-order valence-electron chi connectivity index (χ0n) is 11.5. The Kier molecular flexibility index (Phi) is 2.69. The van der Waals surface area contributed by atoms with Gasteiger partial charge in [-0.15, -0.1) is 11.3 Å². The van der Waals surface area contributed by atoms with Crippen LogP contribution in [-0.2, 0) is 12.6 Å². The molecule has 7 nitrogen and oxygen atoms in total. The van der Waals surface area contributed by atoms with E-state index in [1.165, 1.54) is 11.3 Å². The Morgan fingerprint density at radius 2 is 2.24 bits per heavy atom. The summed E-state index contributed by atoms with van der Waals surface area (Å²) in [6, 6.07) is 0. The molecular weight excluding hydrogens is 288 g/mol. The summed E-state index contributed by atoms with van der Waals surface area (Å²) >= 11 is 1.50. The number of aryl methyl sites for hydroxylation is 1. The van der Waals surface area contributed by atoms with Gasteiger partial charge in [0.2, 0.25) is 0 Å². The lowest BCUT2D eigenvalue weighted by Gasteiger charge is -2.34. The first-order chi connectivity index (χ1) is 10.1. The van der Waals surface area contributed by atoms with Gasteiger partial charge in [0.1, 0.15) is 9.88 Å². The van der Waals surface area contributed by atoms with Gasteiger partial charge in [0.15, 0.2) is 5.82 Å². The fourth-order valence-corrected chi connectivity index (χ4v) is 3.16. The van der Waals surface area contributed by atoms with E-state index in [1.807, 2.05) is 13.2 Å². The number of thiazole rings is 1. The SMILES string of the molecule is Cn1cc(-c2ncc(-c3nc(C4(N)CCC4)no3)s2)cn1. The van der Waals surface area contributed by atoms with Gasteiger partial charge < -0.3 is 10.3 Å². The minimum atomic E-state index is -0.404. The molecule has 0 atom stereocenters. The summed E-state index contributed by atoms with van der Waals surface area (Å²) in [5.41, 5.74) is 6.78. The second-order valence-electron chi connectivity index (χ2n) is 5.37. The molecule has 0 aliphatic heterocycles. The molecule has 1 aliphatic rings. The predicted molar refractivity (Wildman–Crippen MR) is 77.3 cm³/mol. The molecule has 4 rings (SSSR count). The van der Waals surface area contributed by atoms with Crippen LogP contribution in [0.25, 0.3) is 21.3 Å². The molecule has 1 aliphatic carbocycles. The maximum Gasteiger partial charge on any atom is 0.269 e. The highest BCUT2D eigenvalue weighted by molar-refractivity contribution is 7.18. The third-order valence-corrected chi connectivity index (χ3v) is 4.82. The molecule has 0 aromatic carbocycles. The van der Waals surface area contributed by atoms with Crippen LogP contribution in [0.5, 0.6) is 0 Å². The maximum atomic E-state index is 6.21. The first kappa shape index (κ1) is 12.7. The molecular formula is C13H14N6OS. The van der Waals surface area contributed by atoms with Gasteiger partial charge in [0.05, 0.1) is 17.9 Å². The van der Waals surface area contributed by atoms with E-state index in [-0.39, 0.29) is 0 Å². The Morgan fingerprint density at radius 3 is 2.90 bits per heavy atom. The van der Waals surface area contributed by atoms with Crippen molar-refractivity contribution in [3.05, 3.63) is 24.4 Å². The average Bonchev–Trinajstić information content (AvgIpc) is 3.14. The summed E-state index contributed by atoms with van der Waals surface area (Å²) in [5, 5.41) is 9.05. The second-order valence-corrected chi connectivity index (χ2v) is 6.40. The summed E-state index contributed by atoms with van der Waals surface area (Å²) in [7, 11) is 1.88. The largest absolute Gasteiger partial charge is 0.333 e. The Hall–Kier alpha value is -2.06. The molecule has 1 saturated carbocycles. The molecule has 3 aromatic heterocycles. The van der Waals surface area contributed by atoms with Crippen LogP contribution in [0.1, 0.15) is 25.1 Å². The smallest absolute Gasteiger partial charge is 0.269 e. The van der Waals surface area contributed by atoms with E-state index in [4.69, 9.17) is 10.3 Å². The molecule has 2 N–H and O–H groups in total. The van der Waals surface area contributed by atoms with Gasteiger partial charge in [-0.1, -0.05) is 5.16 Å². The maximum absolute atomic E-state index is 6.21. The molecule has 3 heterocycles. The van der Waals surface area contributed by atoms with Crippen LogP contribution < -0.4 is 5.73 Å². The van der Waals surface area contributed by atoms with Crippen LogP contribution in [0.3, 0.4) is 0 Å². The van der Waals surface area contributed by atoms with Crippen molar-refractivity contribution >= 4 is 11.3 Å². The van der Waals surface area contributed by atoms with E-state index in [2.05, 4.69) is 20.2 Å². The Morgan fingerprint density at radius 1 is 1.38 bits per heavy atom. The summed E-state index contributed by atoms with van der Waals surface area (Å²) in [4.78, 5) is 9.66. The minimum absolute atomic E-state index is 0.404. The zero-order valence-corrected chi connectivity index (χ0v) is 12.3. The normalized spacial score (nSPS) is 16.9. The van der Waals surface area contributed by atoms with E-state index < -0.39 is 5.54 Å². The molecule has 0 unspecified atom stereocenters. The highest BCUT2D eigenvalue weighted by atomic mass is 32.1. The van der Waals surface area contributed by atoms with E-state index in [0.717, 1.165) is 34.7 Å². The van der Waals surface area contributed by atoms with Gasteiger partial charge in [-0.05, 0) is 19.3 Å². The summed E-state index contributed by atoms with van der Waals surface area (Å²) in [6.07, 6.45) is 8.39. The van der Waals surface area contributed by atoms with Gasteiger partial charge in [0.25, 0.3) is 5.89 Å². The second kappa shape index (κ2) is 4.47. The average molecular weight is 302 g/mol. The van der Waals surface area contributed by atoms with Crippen LogP contribution >= 0.6 is 11.3 Å². The molecule has 3 aromatic rings. The zero-order chi connectivity index (χ0) is 14.4. The summed E-state index contributed by atoms with van der Waals surface area (Å²) in [6.45, 7) is 0. The fraction of sp³-hybridized carbons (Fsp3) is 0.385. The number of nitrogens with two attached hydrogens (primary N) is 1. The van der Waals surface area contributed by atoms with Crippen LogP contribution in [0.2, 0.25) is 0 Å². The van der Waals surface area contributed by atoms with E-state index in [1.54, 1.807) is 17.1 Å². The number of aromatic nitrogens is 5. The van der Waals surface area contributed by atoms with Crippen LogP contribution in [-0.4, -0.2) is 24.9 Å². The number of rotatable bonds is 3. The summed E-state index contributed by atoms with van der Waals surface area (Å²) < 4.78 is 7.08. The number of hydrogen-bond acceptors (Lipinski definition) is 7. The topological polar surface area (TPSA) is 95.7 Å². The Labute approximate surface area is 124 Å². The Bertz CT molecular complexity index is 784. The quantitative estimate of drug-likeness (QED) is 0.794. The third-order valence-electron chi connectivity index (χ3n) is 3.79. The van der Waals surface area contributed by atoms with Crippen molar-refractivity contribution in [3.8, 4) is 21.3 Å². The van der Waals surface area contributed by atoms with Crippen molar-refractivity contribution in [3.63, 3.8) is 0 Å². The van der Waals surface area contributed by atoms with Crippen molar-refractivity contribution < 1.29 is 4.52 Å².